The average Bonchev–Trinajstić information content (AvgIpc) is 2.83. The molecule has 1 aliphatic rings. The van der Waals surface area contributed by atoms with Gasteiger partial charge in [0, 0.05) is 25.8 Å². The molecule has 3 heterocycles. The Labute approximate surface area is 110 Å². The van der Waals surface area contributed by atoms with E-state index in [1.54, 1.807) is 18.3 Å². The molecule has 5 nitrogen and oxygen atoms in total. The van der Waals surface area contributed by atoms with Crippen molar-refractivity contribution in [2.45, 2.75) is 19.3 Å². The number of aromatic nitrogens is 2. The summed E-state index contributed by atoms with van der Waals surface area (Å²) >= 11 is 0. The molecule has 1 N–H and O–H groups in total. The smallest absolute Gasteiger partial charge is 0.337 e. The van der Waals surface area contributed by atoms with Gasteiger partial charge in [0.1, 0.15) is 5.82 Å². The summed E-state index contributed by atoms with van der Waals surface area (Å²) in [6.45, 7) is 1.62. The van der Waals surface area contributed by atoms with E-state index in [-0.39, 0.29) is 0 Å². The van der Waals surface area contributed by atoms with Gasteiger partial charge in [-0.25, -0.2) is 9.78 Å². The van der Waals surface area contributed by atoms with E-state index >= 15 is 0 Å². The van der Waals surface area contributed by atoms with Crippen LogP contribution in [0.4, 0.5) is 0 Å². The van der Waals surface area contributed by atoms with Crippen molar-refractivity contribution in [3.63, 3.8) is 0 Å². The molecule has 0 radical (unpaired) electrons. The minimum Gasteiger partial charge on any atom is -0.478 e. The lowest BCUT2D eigenvalue weighted by atomic mass is 9.98. The molecule has 1 fully saturated rings. The summed E-state index contributed by atoms with van der Waals surface area (Å²) in [5, 5.41) is 9.15. The molecule has 1 unspecified atom stereocenters. The first-order chi connectivity index (χ1) is 9.25. The van der Waals surface area contributed by atoms with Crippen molar-refractivity contribution < 1.29 is 14.6 Å². The molecule has 2 aromatic heterocycles. The maximum atomic E-state index is 11.2. The van der Waals surface area contributed by atoms with E-state index in [4.69, 9.17) is 9.84 Å². The van der Waals surface area contributed by atoms with Crippen LogP contribution < -0.4 is 0 Å². The van der Waals surface area contributed by atoms with Crippen LogP contribution in [-0.2, 0) is 11.2 Å². The zero-order valence-electron chi connectivity index (χ0n) is 10.6. The van der Waals surface area contributed by atoms with Crippen molar-refractivity contribution in [1.82, 2.24) is 9.38 Å². The Morgan fingerprint density at radius 3 is 3.21 bits per heavy atom. The number of carboxylic acid groups (broad SMARTS) is 1. The van der Waals surface area contributed by atoms with Crippen molar-refractivity contribution >= 4 is 11.5 Å². The van der Waals surface area contributed by atoms with Gasteiger partial charge in [0.2, 0.25) is 0 Å². The summed E-state index contributed by atoms with van der Waals surface area (Å²) in [5.41, 5.74) is 0.947. The monoisotopic (exact) mass is 260 g/mol. The molecule has 0 spiro atoms. The van der Waals surface area contributed by atoms with Crippen molar-refractivity contribution in [1.29, 1.82) is 0 Å². The first-order valence-electron chi connectivity index (χ1n) is 6.51. The number of imidazole rings is 1. The van der Waals surface area contributed by atoms with Gasteiger partial charge in [-0.1, -0.05) is 0 Å². The average molecular weight is 260 g/mol. The number of rotatable bonds is 3. The first-order valence-corrected chi connectivity index (χ1v) is 6.51. The van der Waals surface area contributed by atoms with Gasteiger partial charge in [-0.3, -0.25) is 0 Å². The van der Waals surface area contributed by atoms with Crippen LogP contribution in [-0.4, -0.2) is 33.7 Å². The Morgan fingerprint density at radius 1 is 1.58 bits per heavy atom. The lowest BCUT2D eigenvalue weighted by Crippen LogP contribution is -2.20. The second-order valence-electron chi connectivity index (χ2n) is 4.94. The van der Waals surface area contributed by atoms with Crippen molar-refractivity contribution in [2.24, 2.45) is 5.92 Å². The van der Waals surface area contributed by atoms with E-state index in [2.05, 4.69) is 4.98 Å². The van der Waals surface area contributed by atoms with E-state index in [1.807, 2.05) is 10.6 Å². The number of aromatic carboxylic acids is 1. The number of pyridine rings is 1. The third kappa shape index (κ3) is 2.33. The van der Waals surface area contributed by atoms with E-state index in [9.17, 15) is 4.79 Å². The largest absolute Gasteiger partial charge is 0.478 e. The molecule has 1 aliphatic heterocycles. The number of hydrogen-bond donors (Lipinski definition) is 1. The highest BCUT2D eigenvalue weighted by Crippen LogP contribution is 2.20. The maximum absolute atomic E-state index is 11.2. The minimum atomic E-state index is -0.918. The van der Waals surface area contributed by atoms with Crippen LogP contribution in [0, 0.1) is 5.92 Å². The number of hydrogen-bond acceptors (Lipinski definition) is 3. The molecule has 0 bridgehead atoms. The van der Waals surface area contributed by atoms with Crippen molar-refractivity contribution in [2.75, 3.05) is 13.2 Å². The summed E-state index contributed by atoms with van der Waals surface area (Å²) in [6.07, 6.45) is 6.58. The molecule has 5 heteroatoms. The molecular formula is C14H16N2O3. The summed E-state index contributed by atoms with van der Waals surface area (Å²) in [5.74, 6) is 0.472. The highest BCUT2D eigenvalue weighted by Gasteiger charge is 2.18. The molecule has 19 heavy (non-hydrogen) atoms. The molecule has 2 aromatic rings. The SMILES string of the molecule is O=C(O)c1cccn2c(CC3CCCOC3)ncc12. The second kappa shape index (κ2) is 5.01. The van der Waals surface area contributed by atoms with Gasteiger partial charge in [0.05, 0.1) is 17.3 Å². The molecule has 0 aliphatic carbocycles. The van der Waals surface area contributed by atoms with Gasteiger partial charge < -0.3 is 14.2 Å². The van der Waals surface area contributed by atoms with E-state index < -0.39 is 5.97 Å². The minimum absolute atomic E-state index is 0.293. The van der Waals surface area contributed by atoms with E-state index in [0.29, 0.717) is 17.0 Å². The Balaban J connectivity index is 1.92. The third-order valence-corrected chi connectivity index (χ3v) is 3.60. The fourth-order valence-electron chi connectivity index (χ4n) is 2.63. The first kappa shape index (κ1) is 12.2. The van der Waals surface area contributed by atoms with Crippen LogP contribution in [0.1, 0.15) is 29.0 Å². The molecule has 1 saturated heterocycles. The predicted molar refractivity (Wildman–Crippen MR) is 69.4 cm³/mol. The fraction of sp³-hybridized carbons (Fsp3) is 0.429. The molecule has 0 amide bonds. The summed E-state index contributed by atoms with van der Waals surface area (Å²) in [6, 6.07) is 3.35. The van der Waals surface area contributed by atoms with E-state index in [1.165, 1.54) is 0 Å². The molecule has 1 atom stereocenters. The number of carbonyl (C=O) groups is 1. The fourth-order valence-corrected chi connectivity index (χ4v) is 2.63. The van der Waals surface area contributed by atoms with Crippen LogP contribution in [0.25, 0.3) is 5.52 Å². The zero-order valence-corrected chi connectivity index (χ0v) is 10.6. The Bertz CT molecular complexity index is 600. The van der Waals surface area contributed by atoms with Gasteiger partial charge in [0.25, 0.3) is 0 Å². The second-order valence-corrected chi connectivity index (χ2v) is 4.94. The van der Waals surface area contributed by atoms with Crippen LogP contribution >= 0.6 is 0 Å². The number of nitrogens with zero attached hydrogens (tertiary/aromatic N) is 2. The van der Waals surface area contributed by atoms with Gasteiger partial charge >= 0.3 is 5.97 Å². The molecule has 0 aromatic carbocycles. The standard InChI is InChI=1S/C14H16N2O3/c17-14(18)11-4-1-5-16-12(11)8-15-13(16)7-10-3-2-6-19-9-10/h1,4-5,8,10H,2-3,6-7,9H2,(H,17,18). The van der Waals surface area contributed by atoms with Crippen molar-refractivity contribution in [3.8, 4) is 0 Å². The zero-order chi connectivity index (χ0) is 13.2. The summed E-state index contributed by atoms with van der Waals surface area (Å²) < 4.78 is 7.35. The van der Waals surface area contributed by atoms with Gasteiger partial charge in [-0.2, -0.15) is 0 Å². The van der Waals surface area contributed by atoms with Crippen LogP contribution in [0.2, 0.25) is 0 Å². The maximum Gasteiger partial charge on any atom is 0.337 e. The van der Waals surface area contributed by atoms with Crippen LogP contribution in [0.5, 0.6) is 0 Å². The number of carboxylic acids is 1. The summed E-state index contributed by atoms with van der Waals surface area (Å²) in [4.78, 5) is 15.5. The quantitative estimate of drug-likeness (QED) is 0.916. The molecule has 0 saturated carbocycles. The number of ether oxygens (including phenoxy) is 1. The van der Waals surface area contributed by atoms with Gasteiger partial charge in [-0.15, -0.1) is 0 Å². The lowest BCUT2D eigenvalue weighted by molar-refractivity contribution is 0.0542. The molecule has 100 valence electrons. The molecular weight excluding hydrogens is 244 g/mol. The van der Waals surface area contributed by atoms with Gasteiger partial charge in [-0.05, 0) is 30.9 Å². The Morgan fingerprint density at radius 2 is 2.47 bits per heavy atom. The van der Waals surface area contributed by atoms with Crippen molar-refractivity contribution in [3.05, 3.63) is 35.9 Å². The highest BCUT2D eigenvalue weighted by atomic mass is 16.5. The molecule has 3 rings (SSSR count). The van der Waals surface area contributed by atoms with E-state index in [0.717, 1.165) is 38.3 Å². The number of fused-ring (bicyclic) bond motifs is 1. The normalized spacial score (nSPS) is 19.7. The van der Waals surface area contributed by atoms with Crippen LogP contribution in [0.15, 0.2) is 24.5 Å². The van der Waals surface area contributed by atoms with Crippen LogP contribution in [0.3, 0.4) is 0 Å². The Kier molecular flexibility index (Phi) is 3.21. The third-order valence-electron chi connectivity index (χ3n) is 3.60. The Hall–Kier alpha value is -1.88. The predicted octanol–water partition coefficient (Wildman–Crippen LogP) is 2.00. The lowest BCUT2D eigenvalue weighted by Gasteiger charge is -2.21. The summed E-state index contributed by atoms with van der Waals surface area (Å²) in [7, 11) is 0. The topological polar surface area (TPSA) is 63.8 Å². The highest BCUT2D eigenvalue weighted by molar-refractivity contribution is 5.95. The van der Waals surface area contributed by atoms with Gasteiger partial charge in [0.15, 0.2) is 0 Å².